The maximum Gasteiger partial charge on any atom is 0.256 e. The van der Waals surface area contributed by atoms with Crippen molar-refractivity contribution in [3.8, 4) is 0 Å². The van der Waals surface area contributed by atoms with Crippen LogP contribution in [-0.4, -0.2) is 25.2 Å². The number of carbonyl (C=O) groups is 1. The first kappa shape index (κ1) is 17.8. The smallest absolute Gasteiger partial charge is 0.256 e. The van der Waals surface area contributed by atoms with Crippen LogP contribution in [0.1, 0.15) is 23.2 Å². The van der Waals surface area contributed by atoms with Crippen LogP contribution in [0.25, 0.3) is 0 Å². The van der Waals surface area contributed by atoms with Gasteiger partial charge < -0.3 is 15.4 Å². The number of benzene rings is 2. The molecule has 4 nitrogen and oxygen atoms in total. The summed E-state index contributed by atoms with van der Waals surface area (Å²) in [4.78, 5) is 12.2. The van der Waals surface area contributed by atoms with Gasteiger partial charge in [-0.25, -0.2) is 8.78 Å². The van der Waals surface area contributed by atoms with Gasteiger partial charge in [0.25, 0.3) is 5.91 Å². The largest absolute Gasteiger partial charge is 0.380 e. The summed E-state index contributed by atoms with van der Waals surface area (Å²) in [5, 5.41) is 5.62. The zero-order chi connectivity index (χ0) is 17.8. The molecule has 0 bridgehead atoms. The first-order chi connectivity index (χ1) is 12.0. The number of nitrogens with one attached hydrogen (secondary N) is 2. The van der Waals surface area contributed by atoms with Crippen molar-refractivity contribution in [2.24, 2.45) is 0 Å². The van der Waals surface area contributed by atoms with Gasteiger partial charge in [0.2, 0.25) is 0 Å². The topological polar surface area (TPSA) is 50.4 Å². The third kappa shape index (κ3) is 4.55. The Labute approximate surface area is 152 Å². The highest BCUT2D eigenvalue weighted by Crippen LogP contribution is 2.23. The third-order valence-corrected chi connectivity index (χ3v) is 4.60. The van der Waals surface area contributed by atoms with Gasteiger partial charge in [0, 0.05) is 23.3 Å². The zero-order valence-electron chi connectivity index (χ0n) is 13.3. The van der Waals surface area contributed by atoms with Gasteiger partial charge in [0.1, 0.15) is 11.6 Å². The summed E-state index contributed by atoms with van der Waals surface area (Å²) >= 11 is 3.14. The van der Waals surface area contributed by atoms with E-state index in [1.807, 2.05) is 0 Å². The molecule has 3 rings (SSSR count). The fourth-order valence-electron chi connectivity index (χ4n) is 2.64. The van der Waals surface area contributed by atoms with E-state index in [-0.39, 0.29) is 11.7 Å². The SMILES string of the molecule is O=C(Nc1ccc(NCC2CCCO2)c(F)c1)c1ccc(F)cc1Br. The lowest BCUT2D eigenvalue weighted by molar-refractivity contribution is 0.102. The van der Waals surface area contributed by atoms with E-state index >= 15 is 0 Å². The first-order valence-corrected chi connectivity index (χ1v) is 8.73. The van der Waals surface area contributed by atoms with Gasteiger partial charge in [-0.2, -0.15) is 0 Å². The van der Waals surface area contributed by atoms with E-state index in [9.17, 15) is 13.6 Å². The summed E-state index contributed by atoms with van der Waals surface area (Å²) in [6.07, 6.45) is 2.10. The number of halogens is 3. The highest BCUT2D eigenvalue weighted by Gasteiger charge is 2.16. The van der Waals surface area contributed by atoms with Gasteiger partial charge in [-0.3, -0.25) is 4.79 Å². The number of rotatable bonds is 5. The lowest BCUT2D eigenvalue weighted by Crippen LogP contribution is -2.19. The Kier molecular flexibility index (Phi) is 5.65. The Balaban J connectivity index is 1.64. The second-order valence-corrected chi connectivity index (χ2v) is 6.64. The Morgan fingerprint density at radius 2 is 2.08 bits per heavy atom. The predicted octanol–water partition coefficient (Wildman–Crippen LogP) is 4.57. The molecule has 0 spiro atoms. The van der Waals surface area contributed by atoms with Crippen LogP contribution in [0.5, 0.6) is 0 Å². The van der Waals surface area contributed by atoms with Crippen molar-refractivity contribution in [1.82, 2.24) is 0 Å². The highest BCUT2D eigenvalue weighted by molar-refractivity contribution is 9.10. The molecule has 1 aliphatic heterocycles. The third-order valence-electron chi connectivity index (χ3n) is 3.95. The quantitative estimate of drug-likeness (QED) is 0.758. The van der Waals surface area contributed by atoms with Gasteiger partial charge in [0.05, 0.1) is 17.4 Å². The molecule has 132 valence electrons. The Bertz CT molecular complexity index is 780. The van der Waals surface area contributed by atoms with Crippen LogP contribution in [0.3, 0.4) is 0 Å². The molecule has 25 heavy (non-hydrogen) atoms. The molecule has 2 aromatic carbocycles. The van der Waals surface area contributed by atoms with E-state index in [1.54, 1.807) is 12.1 Å². The molecule has 1 unspecified atom stereocenters. The monoisotopic (exact) mass is 410 g/mol. The summed E-state index contributed by atoms with van der Waals surface area (Å²) in [5.74, 6) is -1.36. The van der Waals surface area contributed by atoms with Gasteiger partial charge in [-0.05, 0) is 65.2 Å². The summed E-state index contributed by atoms with van der Waals surface area (Å²) in [6.45, 7) is 1.30. The maximum absolute atomic E-state index is 14.2. The Morgan fingerprint density at radius 3 is 2.76 bits per heavy atom. The van der Waals surface area contributed by atoms with Crippen molar-refractivity contribution in [3.05, 3.63) is 58.1 Å². The fourth-order valence-corrected chi connectivity index (χ4v) is 3.17. The molecule has 2 N–H and O–H groups in total. The van der Waals surface area contributed by atoms with Gasteiger partial charge in [-0.1, -0.05) is 0 Å². The Morgan fingerprint density at radius 1 is 1.24 bits per heavy atom. The molecule has 1 fully saturated rings. The van der Waals surface area contributed by atoms with E-state index in [0.29, 0.717) is 22.4 Å². The second-order valence-electron chi connectivity index (χ2n) is 5.79. The molecule has 0 aromatic heterocycles. The average molecular weight is 411 g/mol. The van der Waals surface area contributed by atoms with Crippen molar-refractivity contribution in [1.29, 1.82) is 0 Å². The predicted molar refractivity (Wildman–Crippen MR) is 95.9 cm³/mol. The zero-order valence-corrected chi connectivity index (χ0v) is 14.9. The summed E-state index contributed by atoms with van der Waals surface area (Å²) in [6, 6.07) is 8.18. The summed E-state index contributed by atoms with van der Waals surface area (Å²) < 4.78 is 33.1. The van der Waals surface area contributed by atoms with E-state index < -0.39 is 17.5 Å². The maximum atomic E-state index is 14.2. The minimum absolute atomic E-state index is 0.106. The Hall–Kier alpha value is -1.99. The normalized spacial score (nSPS) is 16.7. The number of anilines is 2. The van der Waals surface area contributed by atoms with Crippen molar-refractivity contribution in [2.75, 3.05) is 23.8 Å². The van der Waals surface area contributed by atoms with E-state index in [1.165, 1.54) is 24.3 Å². The standard InChI is InChI=1S/C18H17BrF2N2O2/c19-15-8-11(20)3-5-14(15)18(24)23-12-4-6-17(16(21)9-12)22-10-13-2-1-7-25-13/h3-6,8-9,13,22H,1-2,7,10H2,(H,23,24). The van der Waals surface area contributed by atoms with Gasteiger partial charge in [-0.15, -0.1) is 0 Å². The molecule has 7 heteroatoms. The van der Waals surface area contributed by atoms with Crippen LogP contribution in [0, 0.1) is 11.6 Å². The van der Waals surface area contributed by atoms with E-state index in [4.69, 9.17) is 4.74 Å². The van der Waals surface area contributed by atoms with Gasteiger partial charge in [0.15, 0.2) is 0 Å². The molecule has 1 heterocycles. The minimum atomic E-state index is -0.464. The molecule has 1 aliphatic rings. The molecule has 1 atom stereocenters. The number of amides is 1. The van der Waals surface area contributed by atoms with Gasteiger partial charge >= 0.3 is 0 Å². The second kappa shape index (κ2) is 7.93. The van der Waals surface area contributed by atoms with Crippen molar-refractivity contribution in [2.45, 2.75) is 18.9 Å². The van der Waals surface area contributed by atoms with Crippen LogP contribution in [0.4, 0.5) is 20.2 Å². The average Bonchev–Trinajstić information content (AvgIpc) is 3.07. The molecule has 1 amide bonds. The first-order valence-electron chi connectivity index (χ1n) is 7.94. The highest BCUT2D eigenvalue weighted by atomic mass is 79.9. The molecular formula is C18H17BrF2N2O2. The lowest BCUT2D eigenvalue weighted by Gasteiger charge is -2.13. The van der Waals surface area contributed by atoms with Crippen LogP contribution < -0.4 is 10.6 Å². The van der Waals surface area contributed by atoms with E-state index in [2.05, 4.69) is 26.6 Å². The molecule has 2 aromatic rings. The number of carbonyl (C=O) groups excluding carboxylic acids is 1. The van der Waals surface area contributed by atoms with Crippen LogP contribution in [0.15, 0.2) is 40.9 Å². The molecule has 1 saturated heterocycles. The molecule has 0 radical (unpaired) electrons. The summed E-state index contributed by atoms with van der Waals surface area (Å²) in [7, 11) is 0. The van der Waals surface area contributed by atoms with Crippen LogP contribution >= 0.6 is 15.9 Å². The lowest BCUT2D eigenvalue weighted by atomic mass is 10.2. The molecule has 0 aliphatic carbocycles. The molecular weight excluding hydrogens is 394 g/mol. The fraction of sp³-hybridized carbons (Fsp3) is 0.278. The minimum Gasteiger partial charge on any atom is -0.380 e. The van der Waals surface area contributed by atoms with Crippen molar-refractivity contribution < 1.29 is 18.3 Å². The van der Waals surface area contributed by atoms with Crippen LogP contribution in [-0.2, 0) is 4.74 Å². The number of ether oxygens (including phenoxy) is 1. The number of hydrogen-bond donors (Lipinski definition) is 2. The van der Waals surface area contributed by atoms with E-state index in [0.717, 1.165) is 19.4 Å². The number of hydrogen-bond acceptors (Lipinski definition) is 3. The summed E-state index contributed by atoms with van der Waals surface area (Å²) in [5.41, 5.74) is 0.945. The van der Waals surface area contributed by atoms with Crippen molar-refractivity contribution >= 4 is 33.2 Å². The van der Waals surface area contributed by atoms with Crippen molar-refractivity contribution in [3.63, 3.8) is 0 Å². The van der Waals surface area contributed by atoms with Crippen LogP contribution in [0.2, 0.25) is 0 Å². The molecule has 0 saturated carbocycles.